The predicted octanol–water partition coefficient (Wildman–Crippen LogP) is 3.75. The van der Waals surface area contributed by atoms with Gasteiger partial charge in [0.15, 0.2) is 5.13 Å². The summed E-state index contributed by atoms with van der Waals surface area (Å²) in [7, 11) is 5.67. The zero-order valence-electron chi connectivity index (χ0n) is 13.5. The van der Waals surface area contributed by atoms with Crippen LogP contribution in [0.15, 0.2) is 6.07 Å². The highest BCUT2D eigenvalue weighted by Crippen LogP contribution is 2.31. The summed E-state index contributed by atoms with van der Waals surface area (Å²) in [5, 5.41) is 4.55. The molecule has 0 radical (unpaired) electrons. The van der Waals surface area contributed by atoms with Crippen LogP contribution in [0.3, 0.4) is 0 Å². The van der Waals surface area contributed by atoms with Crippen LogP contribution in [0.25, 0.3) is 0 Å². The van der Waals surface area contributed by atoms with Gasteiger partial charge in [0.05, 0.1) is 12.0 Å². The molecular formula is C15H23N3OS2. The Morgan fingerprint density at radius 1 is 1.33 bits per heavy atom. The number of hydrogen-bond donors (Lipinski definition) is 1. The van der Waals surface area contributed by atoms with Crippen LogP contribution in [0.5, 0.6) is 5.88 Å². The third kappa shape index (κ3) is 3.75. The molecule has 2 aromatic heterocycles. The first-order valence-corrected chi connectivity index (χ1v) is 8.57. The van der Waals surface area contributed by atoms with Crippen molar-refractivity contribution in [1.29, 1.82) is 0 Å². The van der Waals surface area contributed by atoms with Crippen LogP contribution in [0, 0.1) is 13.8 Å². The Kier molecular flexibility index (Phi) is 5.24. The maximum Gasteiger partial charge on any atom is 0.230 e. The fraction of sp³-hybridized carbons (Fsp3) is 0.533. The number of aromatic nitrogens is 1. The van der Waals surface area contributed by atoms with Crippen molar-refractivity contribution in [2.75, 3.05) is 26.1 Å². The minimum atomic E-state index is 0.324. The Morgan fingerprint density at radius 3 is 2.57 bits per heavy atom. The van der Waals surface area contributed by atoms with Gasteiger partial charge in [0.2, 0.25) is 5.88 Å². The van der Waals surface area contributed by atoms with Crippen molar-refractivity contribution in [1.82, 2.24) is 10.3 Å². The Morgan fingerprint density at radius 2 is 2.05 bits per heavy atom. The van der Waals surface area contributed by atoms with E-state index in [-0.39, 0.29) is 0 Å². The van der Waals surface area contributed by atoms with Gasteiger partial charge in [-0.25, -0.2) is 0 Å². The van der Waals surface area contributed by atoms with Crippen LogP contribution in [0.4, 0.5) is 5.13 Å². The Labute approximate surface area is 134 Å². The third-order valence-electron chi connectivity index (χ3n) is 3.34. The molecule has 4 nitrogen and oxygen atoms in total. The second-order valence-corrected chi connectivity index (χ2v) is 7.82. The SMILES string of the molecule is COc1nc(N(C)C)sc1CNC(C)c1cc(C)sc1C. The van der Waals surface area contributed by atoms with Crippen molar-refractivity contribution < 1.29 is 4.74 Å². The van der Waals surface area contributed by atoms with Gasteiger partial charge >= 0.3 is 0 Å². The topological polar surface area (TPSA) is 37.4 Å². The Bertz CT molecular complexity index is 604. The lowest BCUT2D eigenvalue weighted by Gasteiger charge is -2.13. The monoisotopic (exact) mass is 325 g/mol. The molecule has 1 unspecified atom stereocenters. The summed E-state index contributed by atoms with van der Waals surface area (Å²) in [6.45, 7) is 7.31. The van der Waals surface area contributed by atoms with Crippen LogP contribution < -0.4 is 15.0 Å². The Hall–Kier alpha value is -1.11. The van der Waals surface area contributed by atoms with Crippen molar-refractivity contribution in [3.63, 3.8) is 0 Å². The molecular weight excluding hydrogens is 302 g/mol. The molecule has 1 atom stereocenters. The summed E-state index contributed by atoms with van der Waals surface area (Å²) in [5.74, 6) is 0.724. The maximum atomic E-state index is 5.38. The number of hydrogen-bond acceptors (Lipinski definition) is 6. The summed E-state index contributed by atoms with van der Waals surface area (Å²) in [5.41, 5.74) is 1.38. The van der Waals surface area contributed by atoms with Crippen molar-refractivity contribution in [2.24, 2.45) is 0 Å². The number of thiophene rings is 1. The van der Waals surface area contributed by atoms with E-state index in [0.717, 1.165) is 22.4 Å². The second-order valence-electron chi connectivity index (χ2n) is 5.29. The minimum Gasteiger partial charge on any atom is -0.480 e. The molecule has 0 fully saturated rings. The van der Waals surface area contributed by atoms with Crippen LogP contribution in [0.2, 0.25) is 0 Å². The number of aryl methyl sites for hydroxylation is 2. The smallest absolute Gasteiger partial charge is 0.230 e. The summed E-state index contributed by atoms with van der Waals surface area (Å²) >= 11 is 3.52. The van der Waals surface area contributed by atoms with Gasteiger partial charge in [0.1, 0.15) is 0 Å². The fourth-order valence-corrected chi connectivity index (χ4v) is 4.15. The van der Waals surface area contributed by atoms with Crippen LogP contribution in [0.1, 0.15) is 33.2 Å². The molecule has 0 aromatic carbocycles. The fourth-order valence-electron chi connectivity index (χ4n) is 2.22. The number of thiazole rings is 1. The van der Waals surface area contributed by atoms with Gasteiger partial charge in [-0.15, -0.1) is 11.3 Å². The molecule has 0 aliphatic carbocycles. The normalized spacial score (nSPS) is 12.5. The number of anilines is 1. The number of rotatable bonds is 6. The first kappa shape index (κ1) is 16.3. The molecule has 0 saturated carbocycles. The predicted molar refractivity (Wildman–Crippen MR) is 92.0 cm³/mol. The van der Waals surface area contributed by atoms with Crippen molar-refractivity contribution in [3.05, 3.63) is 26.3 Å². The average Bonchev–Trinajstić information content (AvgIpc) is 2.99. The average molecular weight is 326 g/mol. The maximum absolute atomic E-state index is 5.38. The van der Waals surface area contributed by atoms with Gasteiger partial charge in [-0.05, 0) is 32.4 Å². The molecule has 2 rings (SSSR count). The van der Waals surface area contributed by atoms with Gasteiger partial charge in [0, 0.05) is 36.4 Å². The molecule has 0 saturated heterocycles. The molecule has 1 N–H and O–H groups in total. The van der Waals surface area contributed by atoms with Crippen LogP contribution in [-0.2, 0) is 6.54 Å². The van der Waals surface area contributed by atoms with Gasteiger partial charge < -0.3 is 15.0 Å². The van der Waals surface area contributed by atoms with Crippen molar-refractivity contribution >= 4 is 27.8 Å². The van der Waals surface area contributed by atoms with E-state index >= 15 is 0 Å². The van der Waals surface area contributed by atoms with Gasteiger partial charge in [0.25, 0.3) is 0 Å². The van der Waals surface area contributed by atoms with E-state index in [4.69, 9.17) is 4.74 Å². The molecule has 116 valence electrons. The summed E-state index contributed by atoms with van der Waals surface area (Å²) in [6.07, 6.45) is 0. The molecule has 2 aromatic rings. The quantitative estimate of drug-likeness (QED) is 0.878. The van der Waals surface area contributed by atoms with E-state index in [1.54, 1.807) is 18.4 Å². The van der Waals surface area contributed by atoms with Crippen LogP contribution in [-0.4, -0.2) is 26.2 Å². The molecule has 0 spiro atoms. The van der Waals surface area contributed by atoms with E-state index < -0.39 is 0 Å². The van der Waals surface area contributed by atoms with Gasteiger partial charge in [-0.1, -0.05) is 11.3 Å². The number of nitrogens with one attached hydrogen (secondary N) is 1. The van der Waals surface area contributed by atoms with Gasteiger partial charge in [-0.3, -0.25) is 0 Å². The van der Waals surface area contributed by atoms with E-state index in [1.807, 2.05) is 30.3 Å². The zero-order chi connectivity index (χ0) is 15.6. The molecule has 0 aliphatic rings. The first-order chi connectivity index (χ1) is 9.92. The number of ether oxygens (including phenoxy) is 1. The molecule has 2 heterocycles. The first-order valence-electron chi connectivity index (χ1n) is 6.93. The number of nitrogens with zero attached hydrogens (tertiary/aromatic N) is 2. The van der Waals surface area contributed by atoms with Crippen LogP contribution >= 0.6 is 22.7 Å². The summed E-state index contributed by atoms with van der Waals surface area (Å²) < 4.78 is 5.38. The van der Waals surface area contributed by atoms with E-state index in [2.05, 4.69) is 37.1 Å². The minimum absolute atomic E-state index is 0.324. The summed E-state index contributed by atoms with van der Waals surface area (Å²) in [4.78, 5) is 10.4. The number of methoxy groups -OCH3 is 1. The van der Waals surface area contributed by atoms with Gasteiger partial charge in [-0.2, -0.15) is 4.98 Å². The third-order valence-corrected chi connectivity index (χ3v) is 5.53. The highest BCUT2D eigenvalue weighted by Gasteiger charge is 2.16. The standard InChI is InChI=1S/C15H23N3OS2/c1-9-7-12(11(3)20-9)10(2)16-8-13-14(19-6)17-15(21-13)18(4)5/h7,10,16H,8H2,1-6H3. The van der Waals surface area contributed by atoms with Crippen molar-refractivity contribution in [2.45, 2.75) is 33.4 Å². The lowest BCUT2D eigenvalue weighted by Crippen LogP contribution is -2.18. The highest BCUT2D eigenvalue weighted by molar-refractivity contribution is 7.15. The Balaban J connectivity index is 2.07. The molecule has 21 heavy (non-hydrogen) atoms. The highest BCUT2D eigenvalue weighted by atomic mass is 32.1. The van der Waals surface area contributed by atoms with E-state index in [9.17, 15) is 0 Å². The summed E-state index contributed by atoms with van der Waals surface area (Å²) in [6, 6.07) is 2.59. The van der Waals surface area contributed by atoms with E-state index in [0.29, 0.717) is 6.04 Å². The van der Waals surface area contributed by atoms with E-state index in [1.165, 1.54) is 15.3 Å². The lowest BCUT2D eigenvalue weighted by atomic mass is 10.1. The lowest BCUT2D eigenvalue weighted by molar-refractivity contribution is 0.393. The zero-order valence-corrected chi connectivity index (χ0v) is 15.1. The molecule has 6 heteroatoms. The largest absolute Gasteiger partial charge is 0.480 e. The second kappa shape index (κ2) is 6.77. The molecule has 0 bridgehead atoms. The molecule has 0 amide bonds. The van der Waals surface area contributed by atoms with Crippen molar-refractivity contribution in [3.8, 4) is 5.88 Å². The molecule has 0 aliphatic heterocycles.